The smallest absolute Gasteiger partial charge is 0.211 e. The largest absolute Gasteiger partial charge is 0.310 e. The molecule has 0 radical (unpaired) electrons. The van der Waals surface area contributed by atoms with Crippen molar-refractivity contribution in [2.75, 3.05) is 19.3 Å². The van der Waals surface area contributed by atoms with Crippen molar-refractivity contribution in [3.63, 3.8) is 0 Å². The number of piperidine rings is 1. The standard InChI is InChI=1S/C16H22N4O2S/c1-23(21,22)20-9-6-15(7-10-20)18-12-14-2-4-16(5-3-14)19-11-8-17-13-19/h2-5,8,11,13,15,18H,6-7,9-10,12H2,1H3. The molecule has 0 atom stereocenters. The van der Waals surface area contributed by atoms with Crippen LogP contribution in [0.5, 0.6) is 0 Å². The molecule has 1 aliphatic heterocycles. The predicted molar refractivity (Wildman–Crippen MR) is 89.8 cm³/mol. The third kappa shape index (κ3) is 4.19. The molecule has 1 N–H and O–H groups in total. The van der Waals surface area contributed by atoms with Crippen LogP contribution < -0.4 is 5.32 Å². The van der Waals surface area contributed by atoms with Crippen molar-refractivity contribution >= 4 is 10.0 Å². The van der Waals surface area contributed by atoms with E-state index in [2.05, 4.69) is 34.6 Å². The third-order valence-corrected chi connectivity index (χ3v) is 5.56. The number of hydrogen-bond donors (Lipinski definition) is 1. The Morgan fingerprint density at radius 1 is 1.22 bits per heavy atom. The molecule has 0 bridgehead atoms. The molecule has 1 fully saturated rings. The molecule has 23 heavy (non-hydrogen) atoms. The van der Waals surface area contributed by atoms with E-state index in [9.17, 15) is 8.42 Å². The van der Waals surface area contributed by atoms with Gasteiger partial charge >= 0.3 is 0 Å². The van der Waals surface area contributed by atoms with Gasteiger partial charge in [0.15, 0.2) is 0 Å². The van der Waals surface area contributed by atoms with Crippen LogP contribution in [0.25, 0.3) is 5.69 Å². The van der Waals surface area contributed by atoms with E-state index in [4.69, 9.17) is 0 Å². The minimum absolute atomic E-state index is 0.376. The van der Waals surface area contributed by atoms with Crippen LogP contribution in [0.15, 0.2) is 43.0 Å². The zero-order valence-electron chi connectivity index (χ0n) is 13.2. The summed E-state index contributed by atoms with van der Waals surface area (Å²) >= 11 is 0. The lowest BCUT2D eigenvalue weighted by molar-refractivity contribution is 0.290. The van der Waals surface area contributed by atoms with Gasteiger partial charge in [-0.3, -0.25) is 0 Å². The lowest BCUT2D eigenvalue weighted by Crippen LogP contribution is -2.44. The van der Waals surface area contributed by atoms with Crippen molar-refractivity contribution in [2.45, 2.75) is 25.4 Å². The van der Waals surface area contributed by atoms with Gasteiger partial charge in [0, 0.05) is 43.8 Å². The van der Waals surface area contributed by atoms with Crippen LogP contribution in [0.1, 0.15) is 18.4 Å². The monoisotopic (exact) mass is 334 g/mol. The van der Waals surface area contributed by atoms with Gasteiger partial charge in [-0.25, -0.2) is 17.7 Å². The van der Waals surface area contributed by atoms with Gasteiger partial charge in [0.1, 0.15) is 0 Å². The summed E-state index contributed by atoms with van der Waals surface area (Å²) in [5.74, 6) is 0. The van der Waals surface area contributed by atoms with Gasteiger partial charge in [0.25, 0.3) is 0 Å². The van der Waals surface area contributed by atoms with Gasteiger partial charge < -0.3 is 9.88 Å². The molecule has 7 heteroatoms. The fourth-order valence-corrected chi connectivity index (χ4v) is 3.73. The topological polar surface area (TPSA) is 67.2 Å². The van der Waals surface area contributed by atoms with E-state index in [0.29, 0.717) is 19.1 Å². The van der Waals surface area contributed by atoms with Crippen molar-refractivity contribution < 1.29 is 8.42 Å². The SMILES string of the molecule is CS(=O)(=O)N1CCC(NCc2ccc(-n3ccnc3)cc2)CC1. The Bertz CT molecular complexity index is 718. The number of nitrogens with one attached hydrogen (secondary N) is 1. The maximum atomic E-state index is 11.5. The molecular weight excluding hydrogens is 312 g/mol. The summed E-state index contributed by atoms with van der Waals surface area (Å²) in [7, 11) is -3.04. The van der Waals surface area contributed by atoms with Crippen LogP contribution in [-0.2, 0) is 16.6 Å². The molecule has 1 saturated heterocycles. The first-order chi connectivity index (χ1) is 11.0. The fraction of sp³-hybridized carbons (Fsp3) is 0.438. The Labute approximate surface area is 137 Å². The maximum absolute atomic E-state index is 11.5. The van der Waals surface area contributed by atoms with Crippen LogP contribution in [0.4, 0.5) is 0 Å². The highest BCUT2D eigenvalue weighted by Crippen LogP contribution is 2.14. The quantitative estimate of drug-likeness (QED) is 0.897. The molecule has 1 aliphatic rings. The summed E-state index contributed by atoms with van der Waals surface area (Å²) in [4.78, 5) is 4.05. The van der Waals surface area contributed by atoms with Gasteiger partial charge in [-0.2, -0.15) is 0 Å². The predicted octanol–water partition coefficient (Wildman–Crippen LogP) is 1.39. The molecule has 1 aromatic heterocycles. The second-order valence-corrected chi connectivity index (χ2v) is 7.94. The lowest BCUT2D eigenvalue weighted by atomic mass is 10.1. The van der Waals surface area contributed by atoms with E-state index in [1.807, 2.05) is 10.8 Å². The van der Waals surface area contributed by atoms with Gasteiger partial charge in [0.05, 0.1) is 12.6 Å². The molecule has 0 amide bonds. The highest BCUT2D eigenvalue weighted by molar-refractivity contribution is 7.88. The first-order valence-electron chi connectivity index (χ1n) is 7.78. The number of nitrogens with zero attached hydrogens (tertiary/aromatic N) is 3. The first kappa shape index (κ1) is 16.2. The zero-order chi connectivity index (χ0) is 16.3. The average molecular weight is 334 g/mol. The minimum atomic E-state index is -3.04. The second-order valence-electron chi connectivity index (χ2n) is 5.95. The van der Waals surface area contributed by atoms with Crippen molar-refractivity contribution in [3.05, 3.63) is 48.5 Å². The van der Waals surface area contributed by atoms with Crippen LogP contribution in [0.2, 0.25) is 0 Å². The number of sulfonamides is 1. The van der Waals surface area contributed by atoms with Crippen LogP contribution in [0.3, 0.4) is 0 Å². The fourth-order valence-electron chi connectivity index (χ4n) is 2.85. The summed E-state index contributed by atoms with van der Waals surface area (Å²) in [6.45, 7) is 2.01. The molecular formula is C16H22N4O2S. The number of aromatic nitrogens is 2. The Balaban J connectivity index is 1.50. The molecule has 0 spiro atoms. The minimum Gasteiger partial charge on any atom is -0.310 e. The van der Waals surface area contributed by atoms with E-state index in [-0.39, 0.29) is 0 Å². The van der Waals surface area contributed by atoms with E-state index in [1.54, 1.807) is 16.8 Å². The molecule has 6 nitrogen and oxygen atoms in total. The van der Waals surface area contributed by atoms with Crippen molar-refractivity contribution in [1.29, 1.82) is 0 Å². The number of benzene rings is 1. The lowest BCUT2D eigenvalue weighted by Gasteiger charge is -2.30. The summed E-state index contributed by atoms with van der Waals surface area (Å²) in [6.07, 6.45) is 8.47. The molecule has 3 rings (SSSR count). The molecule has 0 aliphatic carbocycles. The number of hydrogen-bond acceptors (Lipinski definition) is 4. The normalized spacial score (nSPS) is 17.4. The van der Waals surface area contributed by atoms with E-state index < -0.39 is 10.0 Å². The maximum Gasteiger partial charge on any atom is 0.211 e. The van der Waals surface area contributed by atoms with Gasteiger partial charge in [-0.15, -0.1) is 0 Å². The van der Waals surface area contributed by atoms with E-state index in [1.165, 1.54) is 11.8 Å². The molecule has 1 aromatic carbocycles. The summed E-state index contributed by atoms with van der Waals surface area (Å²) in [5.41, 5.74) is 2.31. The summed E-state index contributed by atoms with van der Waals surface area (Å²) in [6, 6.07) is 8.74. The van der Waals surface area contributed by atoms with Crippen molar-refractivity contribution in [3.8, 4) is 5.69 Å². The number of imidazole rings is 1. The van der Waals surface area contributed by atoms with Gasteiger partial charge in [0.2, 0.25) is 10.0 Å². The average Bonchev–Trinajstić information content (AvgIpc) is 3.07. The van der Waals surface area contributed by atoms with Crippen LogP contribution in [0, 0.1) is 0 Å². The van der Waals surface area contributed by atoms with Gasteiger partial charge in [-0.1, -0.05) is 12.1 Å². The van der Waals surface area contributed by atoms with E-state index >= 15 is 0 Å². The third-order valence-electron chi connectivity index (χ3n) is 4.26. The Morgan fingerprint density at radius 2 is 1.91 bits per heavy atom. The summed E-state index contributed by atoms with van der Waals surface area (Å²) < 4.78 is 26.5. The molecule has 0 saturated carbocycles. The molecule has 124 valence electrons. The highest BCUT2D eigenvalue weighted by Gasteiger charge is 2.24. The van der Waals surface area contributed by atoms with Gasteiger partial charge in [-0.05, 0) is 30.5 Å². The Kier molecular flexibility index (Phi) is 4.79. The molecule has 0 unspecified atom stereocenters. The first-order valence-corrected chi connectivity index (χ1v) is 9.63. The number of rotatable bonds is 5. The Hall–Kier alpha value is -1.70. The van der Waals surface area contributed by atoms with Crippen molar-refractivity contribution in [1.82, 2.24) is 19.2 Å². The molecule has 2 aromatic rings. The zero-order valence-corrected chi connectivity index (χ0v) is 14.0. The second kappa shape index (κ2) is 6.82. The summed E-state index contributed by atoms with van der Waals surface area (Å²) in [5, 5.41) is 3.52. The van der Waals surface area contributed by atoms with E-state index in [0.717, 1.165) is 25.1 Å². The van der Waals surface area contributed by atoms with Crippen LogP contribution >= 0.6 is 0 Å². The highest BCUT2D eigenvalue weighted by atomic mass is 32.2. The van der Waals surface area contributed by atoms with Crippen molar-refractivity contribution in [2.24, 2.45) is 0 Å². The molecule has 2 heterocycles. The van der Waals surface area contributed by atoms with Crippen LogP contribution in [-0.4, -0.2) is 47.7 Å². The Morgan fingerprint density at radius 3 is 2.48 bits per heavy atom.